The summed E-state index contributed by atoms with van der Waals surface area (Å²) in [6.07, 6.45) is 5.15. The standard InChI is InChI=1S/C16H24N2O/c17-16-4-2-1-3-14(16)12-18(15-5-6-15)11-13-7-9-19-10-8-13/h1-4,13,15H,5-12,17H2. The lowest BCUT2D eigenvalue weighted by Crippen LogP contribution is -2.33. The van der Waals surface area contributed by atoms with Gasteiger partial charge in [-0.15, -0.1) is 0 Å². The molecule has 1 aromatic rings. The van der Waals surface area contributed by atoms with E-state index in [1.165, 1.54) is 37.8 Å². The number of hydrogen-bond acceptors (Lipinski definition) is 3. The second-order valence-corrected chi connectivity index (χ2v) is 5.92. The number of benzene rings is 1. The predicted molar refractivity (Wildman–Crippen MR) is 77.8 cm³/mol. The van der Waals surface area contributed by atoms with Crippen LogP contribution in [0.25, 0.3) is 0 Å². The SMILES string of the molecule is Nc1ccccc1CN(CC1CCOCC1)C1CC1. The molecule has 0 atom stereocenters. The van der Waals surface area contributed by atoms with Gasteiger partial charge >= 0.3 is 0 Å². The van der Waals surface area contributed by atoms with Gasteiger partial charge in [0.2, 0.25) is 0 Å². The number of hydrogen-bond donors (Lipinski definition) is 1. The van der Waals surface area contributed by atoms with E-state index >= 15 is 0 Å². The number of ether oxygens (including phenoxy) is 1. The van der Waals surface area contributed by atoms with Crippen LogP contribution in [0.5, 0.6) is 0 Å². The van der Waals surface area contributed by atoms with Gasteiger partial charge in [-0.05, 0) is 43.2 Å². The molecule has 104 valence electrons. The van der Waals surface area contributed by atoms with Crippen LogP contribution in [0, 0.1) is 5.92 Å². The van der Waals surface area contributed by atoms with E-state index in [2.05, 4.69) is 17.0 Å². The minimum absolute atomic E-state index is 0.794. The molecule has 19 heavy (non-hydrogen) atoms. The van der Waals surface area contributed by atoms with E-state index in [4.69, 9.17) is 10.5 Å². The van der Waals surface area contributed by atoms with Gasteiger partial charge in [-0.2, -0.15) is 0 Å². The van der Waals surface area contributed by atoms with Crippen LogP contribution >= 0.6 is 0 Å². The Balaban J connectivity index is 1.62. The highest BCUT2D eigenvalue weighted by Gasteiger charge is 2.31. The Bertz CT molecular complexity index is 411. The molecule has 0 bridgehead atoms. The van der Waals surface area contributed by atoms with Crippen LogP contribution in [0.15, 0.2) is 24.3 Å². The monoisotopic (exact) mass is 260 g/mol. The van der Waals surface area contributed by atoms with E-state index < -0.39 is 0 Å². The zero-order valence-corrected chi connectivity index (χ0v) is 11.6. The average Bonchev–Trinajstić information content (AvgIpc) is 3.26. The predicted octanol–water partition coefficient (Wildman–Crippen LogP) is 2.66. The van der Waals surface area contributed by atoms with Crippen molar-refractivity contribution < 1.29 is 4.74 Å². The maximum Gasteiger partial charge on any atom is 0.0469 e. The van der Waals surface area contributed by atoms with Gasteiger partial charge < -0.3 is 10.5 Å². The van der Waals surface area contributed by atoms with Crippen LogP contribution in [-0.4, -0.2) is 30.7 Å². The van der Waals surface area contributed by atoms with Gasteiger partial charge in [-0.3, -0.25) is 4.90 Å². The van der Waals surface area contributed by atoms with E-state index in [9.17, 15) is 0 Å². The molecule has 1 heterocycles. The maximum atomic E-state index is 6.08. The molecule has 0 radical (unpaired) electrons. The van der Waals surface area contributed by atoms with Gasteiger partial charge in [0, 0.05) is 38.0 Å². The highest BCUT2D eigenvalue weighted by atomic mass is 16.5. The third-order valence-corrected chi connectivity index (χ3v) is 4.33. The fourth-order valence-corrected chi connectivity index (χ4v) is 2.94. The third-order valence-electron chi connectivity index (χ3n) is 4.33. The molecule has 1 saturated carbocycles. The molecule has 0 aromatic heterocycles. The molecule has 3 rings (SSSR count). The van der Waals surface area contributed by atoms with Crippen LogP contribution in [0.4, 0.5) is 5.69 Å². The molecule has 0 amide bonds. The Morgan fingerprint density at radius 2 is 1.84 bits per heavy atom. The summed E-state index contributed by atoms with van der Waals surface area (Å²) in [5.41, 5.74) is 8.29. The second-order valence-electron chi connectivity index (χ2n) is 5.92. The van der Waals surface area contributed by atoms with E-state index in [0.717, 1.165) is 37.4 Å². The number of nitrogen functional groups attached to an aromatic ring is 1. The molecule has 1 saturated heterocycles. The summed E-state index contributed by atoms with van der Waals surface area (Å²) in [4.78, 5) is 2.64. The summed E-state index contributed by atoms with van der Waals surface area (Å²) in [6.45, 7) is 4.10. The smallest absolute Gasteiger partial charge is 0.0469 e. The van der Waals surface area contributed by atoms with Crippen LogP contribution < -0.4 is 5.73 Å². The number of nitrogens with zero attached hydrogens (tertiary/aromatic N) is 1. The van der Waals surface area contributed by atoms with Crippen molar-refractivity contribution in [1.82, 2.24) is 4.90 Å². The van der Waals surface area contributed by atoms with Crippen molar-refractivity contribution in [2.45, 2.75) is 38.3 Å². The molecule has 1 aliphatic heterocycles. The number of anilines is 1. The topological polar surface area (TPSA) is 38.5 Å². The van der Waals surface area contributed by atoms with Gasteiger partial charge in [-0.1, -0.05) is 18.2 Å². The first kappa shape index (κ1) is 12.9. The average molecular weight is 260 g/mol. The van der Waals surface area contributed by atoms with Crippen molar-refractivity contribution in [2.75, 3.05) is 25.5 Å². The quantitative estimate of drug-likeness (QED) is 0.827. The van der Waals surface area contributed by atoms with Crippen LogP contribution in [-0.2, 0) is 11.3 Å². The first-order valence-corrected chi connectivity index (χ1v) is 7.48. The molecule has 0 spiro atoms. The van der Waals surface area contributed by atoms with Crippen LogP contribution in [0.3, 0.4) is 0 Å². The van der Waals surface area contributed by atoms with Gasteiger partial charge in [0.05, 0.1) is 0 Å². The van der Waals surface area contributed by atoms with Crippen molar-refractivity contribution in [2.24, 2.45) is 5.92 Å². The molecule has 2 aliphatic rings. The minimum Gasteiger partial charge on any atom is -0.398 e. The minimum atomic E-state index is 0.794. The van der Waals surface area contributed by atoms with E-state index in [1.54, 1.807) is 0 Å². The lowest BCUT2D eigenvalue weighted by atomic mass is 9.99. The summed E-state index contributed by atoms with van der Waals surface area (Å²) in [5, 5.41) is 0. The highest BCUT2D eigenvalue weighted by Crippen LogP contribution is 2.31. The van der Waals surface area contributed by atoms with Crippen molar-refractivity contribution in [3.63, 3.8) is 0 Å². The number of nitrogens with two attached hydrogens (primary N) is 1. The molecule has 0 unspecified atom stereocenters. The van der Waals surface area contributed by atoms with Crippen LogP contribution in [0.2, 0.25) is 0 Å². The Kier molecular flexibility index (Phi) is 4.04. The summed E-state index contributed by atoms with van der Waals surface area (Å²) in [6, 6.07) is 9.07. The largest absolute Gasteiger partial charge is 0.398 e. The molecule has 2 N–H and O–H groups in total. The molecular formula is C16H24N2O. The van der Waals surface area contributed by atoms with E-state index in [0.29, 0.717) is 0 Å². The van der Waals surface area contributed by atoms with Gasteiger partial charge in [0.1, 0.15) is 0 Å². The Labute approximate surface area is 115 Å². The highest BCUT2D eigenvalue weighted by molar-refractivity contribution is 5.46. The zero-order chi connectivity index (χ0) is 13.1. The van der Waals surface area contributed by atoms with Crippen molar-refractivity contribution in [1.29, 1.82) is 0 Å². The third kappa shape index (κ3) is 3.48. The molecular weight excluding hydrogens is 236 g/mol. The molecule has 1 aromatic carbocycles. The van der Waals surface area contributed by atoms with Crippen LogP contribution in [0.1, 0.15) is 31.2 Å². The molecule has 2 fully saturated rings. The zero-order valence-electron chi connectivity index (χ0n) is 11.6. The number of rotatable bonds is 5. The van der Waals surface area contributed by atoms with Crippen molar-refractivity contribution in [3.8, 4) is 0 Å². The summed E-state index contributed by atoms with van der Waals surface area (Å²) >= 11 is 0. The second kappa shape index (κ2) is 5.93. The fourth-order valence-electron chi connectivity index (χ4n) is 2.94. The summed E-state index contributed by atoms with van der Waals surface area (Å²) < 4.78 is 5.46. The lowest BCUT2D eigenvalue weighted by molar-refractivity contribution is 0.0501. The Morgan fingerprint density at radius 3 is 2.53 bits per heavy atom. The fraction of sp³-hybridized carbons (Fsp3) is 0.625. The van der Waals surface area contributed by atoms with E-state index in [1.807, 2.05) is 12.1 Å². The Hall–Kier alpha value is -1.06. The van der Waals surface area contributed by atoms with Gasteiger partial charge in [0.15, 0.2) is 0 Å². The molecule has 3 nitrogen and oxygen atoms in total. The summed E-state index contributed by atoms with van der Waals surface area (Å²) in [7, 11) is 0. The molecule has 1 aliphatic carbocycles. The van der Waals surface area contributed by atoms with Crippen molar-refractivity contribution in [3.05, 3.63) is 29.8 Å². The molecule has 3 heteroatoms. The number of para-hydroxylation sites is 1. The Morgan fingerprint density at radius 1 is 1.11 bits per heavy atom. The van der Waals surface area contributed by atoms with Gasteiger partial charge in [-0.25, -0.2) is 0 Å². The normalized spacial score (nSPS) is 20.9. The first-order chi connectivity index (χ1) is 9.33. The van der Waals surface area contributed by atoms with Crippen molar-refractivity contribution >= 4 is 5.69 Å². The van der Waals surface area contributed by atoms with Gasteiger partial charge in [0.25, 0.3) is 0 Å². The maximum absolute atomic E-state index is 6.08. The lowest BCUT2D eigenvalue weighted by Gasteiger charge is -2.30. The first-order valence-electron chi connectivity index (χ1n) is 7.48. The summed E-state index contributed by atoms with van der Waals surface area (Å²) in [5.74, 6) is 0.805. The van der Waals surface area contributed by atoms with E-state index in [-0.39, 0.29) is 0 Å².